The second kappa shape index (κ2) is 7.80. The minimum atomic E-state index is -0.504. The second-order valence-electron chi connectivity index (χ2n) is 6.91. The highest BCUT2D eigenvalue weighted by Crippen LogP contribution is 2.24. The normalized spacial score (nSPS) is 14.3. The Bertz CT molecular complexity index is 997. The third-order valence-electron chi connectivity index (χ3n) is 4.97. The summed E-state index contributed by atoms with van der Waals surface area (Å²) in [5, 5.41) is 3.85. The molecule has 7 heteroatoms. The van der Waals surface area contributed by atoms with E-state index in [-0.39, 0.29) is 11.9 Å². The predicted molar refractivity (Wildman–Crippen MR) is 103 cm³/mol. The summed E-state index contributed by atoms with van der Waals surface area (Å²) in [6.07, 6.45) is 5.64. The van der Waals surface area contributed by atoms with Gasteiger partial charge in [0.1, 0.15) is 11.9 Å². The molecule has 0 saturated heterocycles. The van der Waals surface area contributed by atoms with E-state index >= 15 is 0 Å². The van der Waals surface area contributed by atoms with Crippen molar-refractivity contribution >= 4 is 28.7 Å². The monoisotopic (exact) mass is 382 g/mol. The molecule has 2 heterocycles. The third-order valence-corrected chi connectivity index (χ3v) is 4.97. The van der Waals surface area contributed by atoms with Crippen molar-refractivity contribution < 1.29 is 23.5 Å². The Hall–Kier alpha value is -3.22. The van der Waals surface area contributed by atoms with Crippen LogP contribution in [0.2, 0.25) is 0 Å². The molecule has 4 rings (SSSR count). The number of rotatable bonds is 5. The van der Waals surface area contributed by atoms with Crippen LogP contribution in [-0.2, 0) is 16.0 Å². The van der Waals surface area contributed by atoms with Crippen molar-refractivity contribution in [1.82, 2.24) is 4.57 Å². The number of amides is 1. The number of nitrogens with one attached hydrogen (secondary N) is 1. The van der Waals surface area contributed by atoms with Crippen LogP contribution < -0.4 is 5.32 Å². The van der Waals surface area contributed by atoms with E-state index in [9.17, 15) is 9.59 Å². The highest BCUT2D eigenvalue weighted by Gasteiger charge is 2.19. The summed E-state index contributed by atoms with van der Waals surface area (Å²) in [5.41, 5.74) is 1.61. The van der Waals surface area contributed by atoms with E-state index in [1.165, 1.54) is 7.11 Å². The molecule has 7 nitrogen and oxygen atoms in total. The Morgan fingerprint density at radius 3 is 2.79 bits per heavy atom. The minimum Gasteiger partial charge on any atom is -0.463 e. The number of ether oxygens (including phenoxy) is 2. The average molecular weight is 382 g/mol. The van der Waals surface area contributed by atoms with Crippen molar-refractivity contribution in [3.8, 4) is 0 Å². The van der Waals surface area contributed by atoms with Gasteiger partial charge in [-0.15, -0.1) is 0 Å². The van der Waals surface area contributed by atoms with E-state index in [2.05, 4.69) is 10.1 Å². The summed E-state index contributed by atoms with van der Waals surface area (Å²) in [4.78, 5) is 23.7. The number of nitrogens with zero attached hydrogens (tertiary/aromatic N) is 1. The minimum absolute atomic E-state index is 0.0237. The number of fused-ring (bicyclic) bond motifs is 1. The molecule has 0 unspecified atom stereocenters. The number of carbonyl (C=O) groups excluding carboxylic acids is 2. The number of furan rings is 1. The first-order chi connectivity index (χ1) is 13.6. The molecule has 3 aromatic rings. The molecule has 1 N–H and O–H groups in total. The summed E-state index contributed by atoms with van der Waals surface area (Å²) in [7, 11) is 1.32. The Kier molecular flexibility index (Phi) is 5.06. The van der Waals surface area contributed by atoms with Gasteiger partial charge in [-0.3, -0.25) is 5.32 Å². The summed E-state index contributed by atoms with van der Waals surface area (Å²) < 4.78 is 17.6. The zero-order chi connectivity index (χ0) is 19.5. The number of esters is 1. The van der Waals surface area contributed by atoms with Gasteiger partial charge in [-0.1, -0.05) is 6.07 Å². The van der Waals surface area contributed by atoms with E-state index in [1.54, 1.807) is 12.1 Å². The molecule has 0 atom stereocenters. The van der Waals surface area contributed by atoms with Crippen molar-refractivity contribution in [2.45, 2.75) is 38.3 Å². The van der Waals surface area contributed by atoms with Crippen LogP contribution in [0.3, 0.4) is 0 Å². The zero-order valence-corrected chi connectivity index (χ0v) is 15.6. The fourth-order valence-corrected chi connectivity index (χ4v) is 3.55. The average Bonchev–Trinajstić information content (AvgIpc) is 3.43. The predicted octanol–water partition coefficient (Wildman–Crippen LogP) is 4.56. The number of aromatic nitrogens is 1. The number of hydrogen-bond acceptors (Lipinski definition) is 5. The van der Waals surface area contributed by atoms with Gasteiger partial charge in [-0.2, -0.15) is 0 Å². The first-order valence-corrected chi connectivity index (χ1v) is 9.36. The summed E-state index contributed by atoms with van der Waals surface area (Å²) >= 11 is 0. The van der Waals surface area contributed by atoms with E-state index < -0.39 is 12.1 Å². The molecule has 0 radical (unpaired) electrons. The topological polar surface area (TPSA) is 82.7 Å². The molecule has 1 amide bonds. The lowest BCUT2D eigenvalue weighted by atomic mass is 10.2. The Balaban J connectivity index is 1.48. The Labute approximate surface area is 162 Å². The maximum absolute atomic E-state index is 12.1. The molecular weight excluding hydrogens is 360 g/mol. The van der Waals surface area contributed by atoms with Gasteiger partial charge in [0.15, 0.2) is 0 Å². The SMILES string of the molecule is COC(=O)c1ccc(Cn2ccc3ccc(NC(=O)OC4CCCC4)cc32)o1. The van der Waals surface area contributed by atoms with Gasteiger partial charge in [0.25, 0.3) is 0 Å². The second-order valence-corrected chi connectivity index (χ2v) is 6.91. The highest BCUT2D eigenvalue weighted by atomic mass is 16.6. The molecule has 28 heavy (non-hydrogen) atoms. The van der Waals surface area contributed by atoms with Crippen LogP contribution in [0.1, 0.15) is 42.0 Å². The van der Waals surface area contributed by atoms with Gasteiger partial charge in [0.05, 0.1) is 19.2 Å². The summed E-state index contributed by atoms with van der Waals surface area (Å²) in [6, 6.07) is 11.0. The molecule has 2 aromatic heterocycles. The first-order valence-electron chi connectivity index (χ1n) is 9.36. The number of carbonyl (C=O) groups is 2. The Morgan fingerprint density at radius 1 is 1.18 bits per heavy atom. The molecule has 1 aromatic carbocycles. The smallest absolute Gasteiger partial charge is 0.411 e. The standard InChI is InChI=1S/C21H22N2O5/c1-26-20(24)19-9-8-17(27-19)13-23-11-10-14-6-7-15(12-18(14)23)22-21(25)28-16-4-2-3-5-16/h6-12,16H,2-5,13H2,1H3,(H,22,25). The van der Waals surface area contributed by atoms with Crippen LogP contribution in [0.5, 0.6) is 0 Å². The Morgan fingerprint density at radius 2 is 2.00 bits per heavy atom. The molecule has 1 fully saturated rings. The van der Waals surface area contributed by atoms with E-state index in [0.717, 1.165) is 36.6 Å². The third kappa shape index (κ3) is 3.88. The number of hydrogen-bond donors (Lipinski definition) is 1. The lowest BCUT2D eigenvalue weighted by molar-refractivity contribution is 0.0563. The van der Waals surface area contributed by atoms with Crippen LogP contribution in [0.4, 0.5) is 10.5 Å². The quantitative estimate of drug-likeness (QED) is 0.654. The molecule has 0 bridgehead atoms. The molecule has 1 aliphatic rings. The summed E-state index contributed by atoms with van der Waals surface area (Å²) in [6.45, 7) is 0.455. The van der Waals surface area contributed by atoms with Crippen molar-refractivity contribution in [2.24, 2.45) is 0 Å². The van der Waals surface area contributed by atoms with Gasteiger partial charge >= 0.3 is 12.1 Å². The van der Waals surface area contributed by atoms with Crippen molar-refractivity contribution in [1.29, 1.82) is 0 Å². The lowest BCUT2D eigenvalue weighted by Gasteiger charge is -2.12. The van der Waals surface area contributed by atoms with Crippen LogP contribution in [0.15, 0.2) is 47.0 Å². The van der Waals surface area contributed by atoms with E-state index in [4.69, 9.17) is 9.15 Å². The van der Waals surface area contributed by atoms with Crippen LogP contribution in [0, 0.1) is 0 Å². The molecule has 0 spiro atoms. The van der Waals surface area contributed by atoms with E-state index in [0.29, 0.717) is 18.0 Å². The molecule has 1 aliphatic carbocycles. The van der Waals surface area contributed by atoms with Crippen LogP contribution in [-0.4, -0.2) is 29.8 Å². The van der Waals surface area contributed by atoms with Crippen LogP contribution >= 0.6 is 0 Å². The number of methoxy groups -OCH3 is 1. The van der Waals surface area contributed by atoms with Gasteiger partial charge in [0, 0.05) is 11.9 Å². The number of benzene rings is 1. The maximum Gasteiger partial charge on any atom is 0.411 e. The fourth-order valence-electron chi connectivity index (χ4n) is 3.55. The largest absolute Gasteiger partial charge is 0.463 e. The van der Waals surface area contributed by atoms with Crippen molar-refractivity contribution in [3.63, 3.8) is 0 Å². The van der Waals surface area contributed by atoms with Gasteiger partial charge in [-0.05, 0) is 61.4 Å². The van der Waals surface area contributed by atoms with E-state index in [1.807, 2.05) is 35.0 Å². The van der Waals surface area contributed by atoms with Crippen molar-refractivity contribution in [3.05, 3.63) is 54.1 Å². The number of anilines is 1. The highest BCUT2D eigenvalue weighted by molar-refractivity contribution is 5.90. The molecule has 0 aliphatic heterocycles. The molecular formula is C21H22N2O5. The van der Waals surface area contributed by atoms with Gasteiger partial charge in [0.2, 0.25) is 5.76 Å². The van der Waals surface area contributed by atoms with Gasteiger partial charge in [-0.25, -0.2) is 9.59 Å². The molecule has 1 saturated carbocycles. The zero-order valence-electron chi connectivity index (χ0n) is 15.6. The lowest BCUT2D eigenvalue weighted by Crippen LogP contribution is -2.20. The summed E-state index contributed by atoms with van der Waals surface area (Å²) in [5.74, 6) is 0.304. The van der Waals surface area contributed by atoms with Crippen LogP contribution in [0.25, 0.3) is 10.9 Å². The first kappa shape index (κ1) is 18.2. The van der Waals surface area contributed by atoms with Gasteiger partial charge < -0.3 is 18.5 Å². The maximum atomic E-state index is 12.1. The fraction of sp³-hybridized carbons (Fsp3) is 0.333. The van der Waals surface area contributed by atoms with Crippen molar-refractivity contribution in [2.75, 3.05) is 12.4 Å². The molecule has 146 valence electrons.